The molecule has 2 aliphatic rings. The minimum absolute atomic E-state index is 0.0365. The van der Waals surface area contributed by atoms with Crippen LogP contribution in [0.2, 0.25) is 5.02 Å². The predicted molar refractivity (Wildman–Crippen MR) is 173 cm³/mol. The van der Waals surface area contributed by atoms with Gasteiger partial charge in [0.05, 0.1) is 18.2 Å². The molecule has 0 saturated heterocycles. The van der Waals surface area contributed by atoms with Gasteiger partial charge in [-0.2, -0.15) is 0 Å². The van der Waals surface area contributed by atoms with E-state index in [2.05, 4.69) is 10.0 Å². The Balaban J connectivity index is 1.51. The summed E-state index contributed by atoms with van der Waals surface area (Å²) in [7, 11) is -3.56. The van der Waals surface area contributed by atoms with Crippen molar-refractivity contribution in [3.8, 4) is 5.75 Å². The zero-order valence-corrected chi connectivity index (χ0v) is 26.9. The fourth-order valence-corrected chi connectivity index (χ4v) is 7.48. The highest BCUT2D eigenvalue weighted by molar-refractivity contribution is 7.88. The molecule has 2 amide bonds. The Hall–Kier alpha value is -3.73. The van der Waals surface area contributed by atoms with E-state index in [1.807, 2.05) is 42.5 Å². The lowest BCUT2D eigenvalue weighted by molar-refractivity contribution is -0.124. The number of Topliss-reactive ketones (excluding diaryl/α,β-unsaturated/α-hetero) is 1. The van der Waals surface area contributed by atoms with Crippen LogP contribution in [0, 0.1) is 0 Å². The van der Waals surface area contributed by atoms with Gasteiger partial charge >= 0.3 is 0 Å². The highest BCUT2D eigenvalue weighted by Gasteiger charge is 2.48. The van der Waals surface area contributed by atoms with Gasteiger partial charge in [-0.05, 0) is 67.1 Å². The molecule has 0 radical (unpaired) electrons. The lowest BCUT2D eigenvalue weighted by atomic mass is 9.76. The molecular weight excluding hydrogens is 614 g/mol. The van der Waals surface area contributed by atoms with Gasteiger partial charge in [0.15, 0.2) is 5.78 Å². The first kappa shape index (κ1) is 32.7. The summed E-state index contributed by atoms with van der Waals surface area (Å²) in [5, 5.41) is 3.62. The summed E-state index contributed by atoms with van der Waals surface area (Å²) in [6.07, 6.45) is 4.42. The molecule has 1 aliphatic carbocycles. The van der Waals surface area contributed by atoms with Crippen molar-refractivity contribution < 1.29 is 27.5 Å². The molecule has 1 fully saturated rings. The van der Waals surface area contributed by atoms with E-state index in [1.165, 1.54) is 6.92 Å². The van der Waals surface area contributed by atoms with Crippen molar-refractivity contribution in [2.75, 3.05) is 19.4 Å². The van der Waals surface area contributed by atoms with Crippen LogP contribution in [0.3, 0.4) is 0 Å². The predicted octanol–water partition coefficient (Wildman–Crippen LogP) is 4.81. The van der Waals surface area contributed by atoms with Crippen LogP contribution in [0.25, 0.3) is 0 Å². The Morgan fingerprint density at radius 1 is 0.978 bits per heavy atom. The van der Waals surface area contributed by atoms with Gasteiger partial charge in [-0.1, -0.05) is 73.0 Å². The Morgan fingerprint density at radius 2 is 1.67 bits per heavy atom. The number of fused-ring (bicyclic) bond motifs is 1. The minimum atomic E-state index is -3.56. The number of benzene rings is 3. The highest BCUT2D eigenvalue weighted by atomic mass is 35.5. The molecule has 2 N–H and O–H groups in total. The molecule has 0 spiro atoms. The van der Waals surface area contributed by atoms with E-state index < -0.39 is 34.1 Å². The Bertz CT molecular complexity index is 1660. The van der Waals surface area contributed by atoms with Crippen LogP contribution in [0.1, 0.15) is 71.6 Å². The van der Waals surface area contributed by atoms with Crippen molar-refractivity contribution in [1.29, 1.82) is 0 Å². The summed E-state index contributed by atoms with van der Waals surface area (Å²) in [6.45, 7) is 1.72. The van der Waals surface area contributed by atoms with Crippen molar-refractivity contribution in [1.82, 2.24) is 14.9 Å². The number of sulfonamides is 1. The largest absolute Gasteiger partial charge is 0.486 e. The molecule has 4 atom stereocenters. The summed E-state index contributed by atoms with van der Waals surface area (Å²) < 4.78 is 33.2. The van der Waals surface area contributed by atoms with Crippen molar-refractivity contribution in [2.24, 2.45) is 0 Å². The summed E-state index contributed by atoms with van der Waals surface area (Å²) in [4.78, 5) is 41.8. The topological polar surface area (TPSA) is 122 Å². The molecular formula is C34H38ClN3O6S. The Kier molecular flexibility index (Phi) is 10.3. The molecule has 1 aliphatic heterocycles. The first-order chi connectivity index (χ1) is 21.5. The maximum absolute atomic E-state index is 14.3. The van der Waals surface area contributed by atoms with Gasteiger partial charge in [0.25, 0.3) is 5.91 Å². The van der Waals surface area contributed by atoms with Gasteiger partial charge in [0, 0.05) is 29.2 Å². The number of nitrogens with zero attached hydrogens (tertiary/aromatic N) is 1. The maximum atomic E-state index is 14.3. The van der Waals surface area contributed by atoms with E-state index in [4.69, 9.17) is 16.3 Å². The number of nitrogens with one attached hydrogen (secondary N) is 2. The van der Waals surface area contributed by atoms with Crippen LogP contribution in [-0.4, -0.2) is 62.4 Å². The standard InChI is InChI=1S/C34H38ClN3O6S/c1-22(39)21-44-30-14-8-3-9-23(30)19-20-36-33(40)31-26-10-4-5-11-27(26)34(41)38(32(31)24-15-17-25(35)18-16-24)29-13-7-6-12-28(29)37-45(2,42)43/h3-5,8-11,14-18,28-29,31-32,37H,6-7,12-13,19-21H2,1-2H3,(H,36,40)/t28-,29-,31+,32-/m0/s1. The summed E-state index contributed by atoms with van der Waals surface area (Å²) in [5.41, 5.74) is 2.62. The molecule has 45 heavy (non-hydrogen) atoms. The normalized spacial score (nSPS) is 21.6. The summed E-state index contributed by atoms with van der Waals surface area (Å²) >= 11 is 6.25. The van der Waals surface area contributed by atoms with E-state index in [-0.39, 0.29) is 24.2 Å². The number of hydrogen-bond acceptors (Lipinski definition) is 6. The van der Waals surface area contributed by atoms with E-state index in [0.717, 1.165) is 30.2 Å². The number of carbonyl (C=O) groups excluding carboxylic acids is 3. The average Bonchev–Trinajstić information content (AvgIpc) is 3.00. The Labute approximate surface area is 269 Å². The van der Waals surface area contributed by atoms with Crippen LogP contribution in [-0.2, 0) is 26.0 Å². The number of para-hydroxylation sites is 1. The molecule has 0 unspecified atom stereocenters. The van der Waals surface area contributed by atoms with Crippen molar-refractivity contribution in [3.05, 3.63) is 100 Å². The van der Waals surface area contributed by atoms with E-state index in [0.29, 0.717) is 47.7 Å². The second-order valence-corrected chi connectivity index (χ2v) is 14.0. The number of halogens is 1. The number of hydrogen-bond donors (Lipinski definition) is 2. The number of amides is 2. The molecule has 3 aromatic rings. The quantitative estimate of drug-likeness (QED) is 0.307. The first-order valence-corrected chi connectivity index (χ1v) is 17.4. The molecule has 1 heterocycles. The van der Waals surface area contributed by atoms with Gasteiger partial charge in [-0.15, -0.1) is 0 Å². The van der Waals surface area contributed by atoms with Gasteiger partial charge in [0.1, 0.15) is 12.4 Å². The highest BCUT2D eigenvalue weighted by Crippen LogP contribution is 2.46. The van der Waals surface area contributed by atoms with Gasteiger partial charge in [0.2, 0.25) is 15.9 Å². The molecule has 0 bridgehead atoms. The molecule has 11 heteroatoms. The van der Waals surface area contributed by atoms with Crippen LogP contribution in [0.4, 0.5) is 0 Å². The van der Waals surface area contributed by atoms with Crippen LogP contribution in [0.5, 0.6) is 5.75 Å². The summed E-state index contributed by atoms with van der Waals surface area (Å²) in [6, 6.07) is 20.0. The van der Waals surface area contributed by atoms with Crippen LogP contribution in [0.15, 0.2) is 72.8 Å². The second kappa shape index (κ2) is 14.1. The maximum Gasteiger partial charge on any atom is 0.255 e. The number of carbonyl (C=O) groups is 3. The molecule has 9 nitrogen and oxygen atoms in total. The van der Waals surface area contributed by atoms with Crippen LogP contribution < -0.4 is 14.8 Å². The number of rotatable bonds is 11. The lowest BCUT2D eigenvalue weighted by Gasteiger charge is -2.49. The molecule has 0 aromatic heterocycles. The summed E-state index contributed by atoms with van der Waals surface area (Å²) in [5.74, 6) is -0.773. The molecule has 3 aromatic carbocycles. The number of ether oxygens (including phenoxy) is 1. The zero-order chi connectivity index (χ0) is 32.1. The third-order valence-corrected chi connectivity index (χ3v) is 9.40. The molecule has 238 valence electrons. The van der Waals surface area contributed by atoms with Crippen molar-refractivity contribution in [2.45, 2.75) is 63.1 Å². The zero-order valence-electron chi connectivity index (χ0n) is 25.4. The lowest BCUT2D eigenvalue weighted by Crippen LogP contribution is -2.59. The van der Waals surface area contributed by atoms with Gasteiger partial charge < -0.3 is 15.0 Å². The van der Waals surface area contributed by atoms with E-state index in [1.54, 1.807) is 35.2 Å². The fourth-order valence-electron chi connectivity index (χ4n) is 6.53. The van der Waals surface area contributed by atoms with E-state index >= 15 is 0 Å². The van der Waals surface area contributed by atoms with E-state index in [9.17, 15) is 22.8 Å². The van der Waals surface area contributed by atoms with Crippen LogP contribution >= 0.6 is 11.6 Å². The van der Waals surface area contributed by atoms with Crippen molar-refractivity contribution >= 4 is 39.2 Å². The second-order valence-electron chi connectivity index (χ2n) is 11.8. The minimum Gasteiger partial charge on any atom is -0.486 e. The smallest absolute Gasteiger partial charge is 0.255 e. The fraction of sp³-hybridized carbons (Fsp3) is 0.382. The average molecular weight is 652 g/mol. The molecule has 5 rings (SSSR count). The van der Waals surface area contributed by atoms with Gasteiger partial charge in [-0.25, -0.2) is 13.1 Å². The Morgan fingerprint density at radius 3 is 2.40 bits per heavy atom. The van der Waals surface area contributed by atoms with Gasteiger partial charge in [-0.3, -0.25) is 14.4 Å². The first-order valence-electron chi connectivity index (χ1n) is 15.2. The molecule has 1 saturated carbocycles. The third-order valence-electron chi connectivity index (χ3n) is 8.42. The number of ketones is 1. The monoisotopic (exact) mass is 651 g/mol. The van der Waals surface area contributed by atoms with Crippen molar-refractivity contribution in [3.63, 3.8) is 0 Å². The SMILES string of the molecule is CC(=O)COc1ccccc1CCNC(=O)[C@@H]1c2ccccc2C(=O)N([C@H]2CCCC[C@@H]2NS(C)(=O)=O)[C@H]1c1ccc(Cl)cc1. The third kappa shape index (κ3) is 7.74.